The standard InChI is InChI=1S/C17H21N5O2/c1-11-10-15(21-20-11)19-17(24)18-14-7-5-6-13(12(14)2)16(23)22-8-3-4-9-22/h5-7,10H,3-4,8-9H2,1-2H3,(H3,18,19,20,21,24). The number of aryl methyl sites for hydroxylation is 1. The van der Waals surface area contributed by atoms with Crippen LogP contribution in [-0.2, 0) is 0 Å². The van der Waals surface area contributed by atoms with E-state index in [-0.39, 0.29) is 5.91 Å². The van der Waals surface area contributed by atoms with Crippen LogP contribution in [0.5, 0.6) is 0 Å². The number of aromatic nitrogens is 2. The highest BCUT2D eigenvalue weighted by atomic mass is 16.2. The molecule has 24 heavy (non-hydrogen) atoms. The Kier molecular flexibility index (Phi) is 4.50. The fourth-order valence-corrected chi connectivity index (χ4v) is 2.85. The number of hydrogen-bond donors (Lipinski definition) is 3. The maximum atomic E-state index is 12.6. The first-order valence-corrected chi connectivity index (χ1v) is 8.03. The molecule has 3 rings (SSSR count). The summed E-state index contributed by atoms with van der Waals surface area (Å²) < 4.78 is 0. The van der Waals surface area contributed by atoms with Gasteiger partial charge in [0.05, 0.1) is 0 Å². The van der Waals surface area contributed by atoms with E-state index in [0.717, 1.165) is 37.2 Å². The minimum Gasteiger partial charge on any atom is -0.339 e. The molecule has 1 fully saturated rings. The third kappa shape index (κ3) is 3.40. The van der Waals surface area contributed by atoms with E-state index >= 15 is 0 Å². The van der Waals surface area contributed by atoms with Crippen molar-refractivity contribution in [2.24, 2.45) is 0 Å². The largest absolute Gasteiger partial charge is 0.339 e. The fraction of sp³-hybridized carbons (Fsp3) is 0.353. The quantitative estimate of drug-likeness (QED) is 0.809. The van der Waals surface area contributed by atoms with Gasteiger partial charge in [-0.05, 0) is 44.4 Å². The van der Waals surface area contributed by atoms with Crippen LogP contribution in [0.3, 0.4) is 0 Å². The average molecular weight is 327 g/mol. The zero-order valence-corrected chi connectivity index (χ0v) is 13.8. The number of carbonyl (C=O) groups is 2. The Morgan fingerprint density at radius 2 is 1.92 bits per heavy atom. The van der Waals surface area contributed by atoms with Crippen LogP contribution in [0.2, 0.25) is 0 Å². The summed E-state index contributed by atoms with van der Waals surface area (Å²) in [5.74, 6) is 0.476. The van der Waals surface area contributed by atoms with Gasteiger partial charge in [-0.1, -0.05) is 6.07 Å². The van der Waals surface area contributed by atoms with Gasteiger partial charge in [0.2, 0.25) is 0 Å². The number of rotatable bonds is 3. The summed E-state index contributed by atoms with van der Waals surface area (Å²) in [7, 11) is 0. The second-order valence-electron chi connectivity index (χ2n) is 5.99. The summed E-state index contributed by atoms with van der Waals surface area (Å²) in [6.45, 7) is 5.30. The zero-order chi connectivity index (χ0) is 17.1. The maximum Gasteiger partial charge on any atom is 0.324 e. The molecule has 0 spiro atoms. The maximum absolute atomic E-state index is 12.6. The molecule has 2 heterocycles. The van der Waals surface area contributed by atoms with Gasteiger partial charge in [-0.15, -0.1) is 0 Å². The van der Waals surface area contributed by atoms with Crippen LogP contribution >= 0.6 is 0 Å². The van der Waals surface area contributed by atoms with Crippen LogP contribution in [0.4, 0.5) is 16.3 Å². The van der Waals surface area contributed by atoms with Crippen molar-refractivity contribution < 1.29 is 9.59 Å². The van der Waals surface area contributed by atoms with Gasteiger partial charge in [-0.3, -0.25) is 15.2 Å². The Morgan fingerprint density at radius 1 is 1.17 bits per heavy atom. The number of anilines is 2. The molecule has 1 saturated heterocycles. The number of carbonyl (C=O) groups excluding carboxylic acids is 2. The number of H-pyrrole nitrogens is 1. The van der Waals surface area contributed by atoms with E-state index in [0.29, 0.717) is 17.1 Å². The van der Waals surface area contributed by atoms with Crippen molar-refractivity contribution in [1.82, 2.24) is 15.1 Å². The second kappa shape index (κ2) is 6.74. The molecule has 0 unspecified atom stereocenters. The molecule has 1 aromatic heterocycles. The van der Waals surface area contributed by atoms with E-state index in [1.807, 2.05) is 18.7 Å². The average Bonchev–Trinajstić information content (AvgIpc) is 3.20. The van der Waals surface area contributed by atoms with Crippen LogP contribution in [0.15, 0.2) is 24.3 Å². The number of urea groups is 1. The Labute approximate surface area is 140 Å². The predicted octanol–water partition coefficient (Wildman–Crippen LogP) is 2.91. The summed E-state index contributed by atoms with van der Waals surface area (Å²) in [5.41, 5.74) is 2.87. The second-order valence-corrected chi connectivity index (χ2v) is 5.99. The normalized spacial score (nSPS) is 13.8. The molecule has 1 aliphatic rings. The van der Waals surface area contributed by atoms with Gasteiger partial charge in [0.25, 0.3) is 5.91 Å². The van der Waals surface area contributed by atoms with Gasteiger partial charge in [-0.2, -0.15) is 5.10 Å². The third-order valence-electron chi connectivity index (χ3n) is 4.15. The molecule has 7 nitrogen and oxygen atoms in total. The number of amides is 3. The van der Waals surface area contributed by atoms with E-state index in [1.54, 1.807) is 24.3 Å². The molecule has 126 valence electrons. The molecule has 1 aliphatic heterocycles. The van der Waals surface area contributed by atoms with E-state index in [4.69, 9.17) is 0 Å². The van der Waals surface area contributed by atoms with Crippen molar-refractivity contribution in [1.29, 1.82) is 0 Å². The van der Waals surface area contributed by atoms with Crippen molar-refractivity contribution in [3.05, 3.63) is 41.1 Å². The molecule has 7 heteroatoms. The van der Waals surface area contributed by atoms with Crippen molar-refractivity contribution in [3.63, 3.8) is 0 Å². The monoisotopic (exact) mass is 327 g/mol. The predicted molar refractivity (Wildman–Crippen MR) is 92.3 cm³/mol. The third-order valence-corrected chi connectivity index (χ3v) is 4.15. The molecule has 0 aliphatic carbocycles. The van der Waals surface area contributed by atoms with Gasteiger partial charge < -0.3 is 10.2 Å². The van der Waals surface area contributed by atoms with Crippen LogP contribution in [0.25, 0.3) is 0 Å². The van der Waals surface area contributed by atoms with Crippen molar-refractivity contribution in [3.8, 4) is 0 Å². The molecule has 0 radical (unpaired) electrons. The van der Waals surface area contributed by atoms with Gasteiger partial charge in [0, 0.05) is 36.1 Å². The van der Waals surface area contributed by atoms with Crippen LogP contribution in [-0.4, -0.2) is 40.1 Å². The van der Waals surface area contributed by atoms with E-state index in [9.17, 15) is 9.59 Å². The van der Waals surface area contributed by atoms with Crippen LogP contribution in [0.1, 0.15) is 34.5 Å². The van der Waals surface area contributed by atoms with E-state index in [2.05, 4.69) is 20.8 Å². The number of hydrogen-bond acceptors (Lipinski definition) is 3. The molecule has 1 aromatic carbocycles. The van der Waals surface area contributed by atoms with Gasteiger partial charge in [-0.25, -0.2) is 4.79 Å². The lowest BCUT2D eigenvalue weighted by Gasteiger charge is -2.18. The van der Waals surface area contributed by atoms with E-state index in [1.165, 1.54) is 0 Å². The molecule has 0 bridgehead atoms. The SMILES string of the molecule is Cc1cc(NC(=O)Nc2cccc(C(=O)N3CCCC3)c2C)n[nH]1. The summed E-state index contributed by atoms with van der Waals surface area (Å²) in [6, 6.07) is 6.71. The minimum atomic E-state index is -0.393. The Hall–Kier alpha value is -2.83. The first-order valence-electron chi connectivity index (χ1n) is 8.03. The highest BCUT2D eigenvalue weighted by Gasteiger charge is 2.22. The smallest absolute Gasteiger partial charge is 0.324 e. The van der Waals surface area contributed by atoms with Crippen LogP contribution < -0.4 is 10.6 Å². The molecular weight excluding hydrogens is 306 g/mol. The highest BCUT2D eigenvalue weighted by molar-refractivity contribution is 6.02. The Morgan fingerprint density at radius 3 is 2.58 bits per heavy atom. The fourth-order valence-electron chi connectivity index (χ4n) is 2.85. The van der Waals surface area contributed by atoms with Gasteiger partial charge >= 0.3 is 6.03 Å². The number of likely N-dealkylation sites (tertiary alicyclic amines) is 1. The highest BCUT2D eigenvalue weighted by Crippen LogP contribution is 2.22. The summed E-state index contributed by atoms with van der Waals surface area (Å²) in [4.78, 5) is 26.6. The van der Waals surface area contributed by atoms with E-state index < -0.39 is 6.03 Å². The molecule has 0 saturated carbocycles. The zero-order valence-electron chi connectivity index (χ0n) is 13.8. The topological polar surface area (TPSA) is 90.1 Å². The lowest BCUT2D eigenvalue weighted by atomic mass is 10.1. The first-order chi connectivity index (χ1) is 11.5. The Bertz CT molecular complexity index is 762. The lowest BCUT2D eigenvalue weighted by molar-refractivity contribution is 0.0792. The molecular formula is C17H21N5O2. The summed E-state index contributed by atoms with van der Waals surface area (Å²) in [6.07, 6.45) is 2.10. The number of nitrogens with one attached hydrogen (secondary N) is 3. The molecule has 0 atom stereocenters. The van der Waals surface area contributed by atoms with Crippen molar-refractivity contribution >= 4 is 23.4 Å². The Balaban J connectivity index is 1.72. The van der Waals surface area contributed by atoms with Crippen molar-refractivity contribution in [2.45, 2.75) is 26.7 Å². The van der Waals surface area contributed by atoms with Gasteiger partial charge in [0.15, 0.2) is 5.82 Å². The lowest BCUT2D eigenvalue weighted by Crippen LogP contribution is -2.28. The van der Waals surface area contributed by atoms with Gasteiger partial charge in [0.1, 0.15) is 0 Å². The molecule has 3 amide bonds. The molecule has 3 N–H and O–H groups in total. The number of aromatic amines is 1. The molecule has 2 aromatic rings. The van der Waals surface area contributed by atoms with Crippen LogP contribution in [0, 0.1) is 13.8 Å². The summed E-state index contributed by atoms with van der Waals surface area (Å²) >= 11 is 0. The van der Waals surface area contributed by atoms with Crippen molar-refractivity contribution in [2.75, 3.05) is 23.7 Å². The summed E-state index contributed by atoms with van der Waals surface area (Å²) in [5, 5.41) is 12.2. The number of nitrogens with zero attached hydrogens (tertiary/aromatic N) is 2. The number of benzene rings is 1. The first kappa shape index (κ1) is 16.0. The minimum absolute atomic E-state index is 0.0250.